The highest BCUT2D eigenvalue weighted by atomic mass is 35.5. The molecule has 6 heteroatoms. The average Bonchev–Trinajstić information content (AvgIpc) is 3.63. The minimum Gasteiger partial charge on any atom is -0.478 e. The Hall–Kier alpha value is -3.31. The average molecular weight is 487 g/mol. The molecule has 0 aliphatic heterocycles. The van der Waals surface area contributed by atoms with Crippen LogP contribution in [0.1, 0.15) is 72.3 Å². The lowest BCUT2D eigenvalue weighted by molar-refractivity contribution is 0.0696. The molecule has 0 unspecified atom stereocenters. The minimum atomic E-state index is -0.970. The first-order chi connectivity index (χ1) is 17.0. The molecule has 0 amide bonds. The van der Waals surface area contributed by atoms with Gasteiger partial charge in [0.15, 0.2) is 0 Å². The van der Waals surface area contributed by atoms with Crippen molar-refractivity contribution in [2.45, 2.75) is 56.4 Å². The molecule has 0 spiro atoms. The molecule has 6 rings (SSSR count). The second-order valence-corrected chi connectivity index (χ2v) is 10.4. The zero-order chi connectivity index (χ0) is 24.2. The molecular formula is C29H27ClN2O3. The fourth-order valence-electron chi connectivity index (χ4n) is 5.87. The third-order valence-electron chi connectivity index (χ3n) is 7.83. The lowest BCUT2D eigenvalue weighted by Crippen LogP contribution is -2.32. The lowest BCUT2D eigenvalue weighted by Gasteiger charge is -2.22. The van der Waals surface area contributed by atoms with Gasteiger partial charge in [0.05, 0.1) is 27.8 Å². The maximum atomic E-state index is 14.0. The number of hydrogen-bond acceptors (Lipinski definition) is 2. The summed E-state index contributed by atoms with van der Waals surface area (Å²) < 4.78 is 3.58. The number of carboxylic acid groups (broad SMARTS) is 1. The van der Waals surface area contributed by atoms with E-state index in [1.807, 2.05) is 34.9 Å². The predicted molar refractivity (Wildman–Crippen MR) is 138 cm³/mol. The molecule has 5 nitrogen and oxygen atoms in total. The Balaban J connectivity index is 1.50. The Morgan fingerprint density at radius 1 is 0.914 bits per heavy atom. The number of nitrogens with zero attached hydrogens (tertiary/aromatic N) is 2. The standard InChI is InChI=1S/C29H27ClN2O3/c30-23-11-14-25-26(18-23)31(24-12-9-20(10-13-24)19-5-2-1-3-6-19)28(35)32(25)29(15-16-29)22-8-4-7-21(17-22)27(33)34/h4,7-14,17-19H,1-3,5-6,15-16H2,(H,33,34). The number of benzene rings is 3. The van der Waals surface area contributed by atoms with Gasteiger partial charge in [-0.2, -0.15) is 0 Å². The largest absolute Gasteiger partial charge is 0.478 e. The first-order valence-electron chi connectivity index (χ1n) is 12.4. The van der Waals surface area contributed by atoms with Crippen molar-refractivity contribution >= 4 is 28.6 Å². The first kappa shape index (κ1) is 22.2. The van der Waals surface area contributed by atoms with Crippen LogP contribution in [-0.4, -0.2) is 20.2 Å². The quantitative estimate of drug-likeness (QED) is 0.340. The first-order valence-corrected chi connectivity index (χ1v) is 12.7. The van der Waals surface area contributed by atoms with Crippen molar-refractivity contribution in [1.29, 1.82) is 0 Å². The molecule has 1 N–H and O–H groups in total. The number of imidazole rings is 1. The van der Waals surface area contributed by atoms with E-state index in [-0.39, 0.29) is 11.3 Å². The van der Waals surface area contributed by atoms with Crippen LogP contribution in [0, 0.1) is 0 Å². The second kappa shape index (κ2) is 8.42. The molecule has 0 saturated heterocycles. The number of fused-ring (bicyclic) bond motifs is 1. The summed E-state index contributed by atoms with van der Waals surface area (Å²) in [5.74, 6) is -0.371. The molecule has 2 aliphatic carbocycles. The Labute approximate surface area is 208 Å². The third-order valence-corrected chi connectivity index (χ3v) is 8.06. The van der Waals surface area contributed by atoms with Crippen molar-refractivity contribution < 1.29 is 9.90 Å². The van der Waals surface area contributed by atoms with Gasteiger partial charge in [0.25, 0.3) is 0 Å². The van der Waals surface area contributed by atoms with Gasteiger partial charge >= 0.3 is 11.7 Å². The molecule has 2 fully saturated rings. The summed E-state index contributed by atoms with van der Waals surface area (Å²) in [6, 6.07) is 20.9. The Bertz CT molecular complexity index is 1490. The Morgan fingerprint density at radius 2 is 1.66 bits per heavy atom. The van der Waals surface area contributed by atoms with Crippen molar-refractivity contribution in [3.05, 3.63) is 98.9 Å². The van der Waals surface area contributed by atoms with E-state index in [4.69, 9.17) is 11.6 Å². The molecule has 35 heavy (non-hydrogen) atoms. The van der Waals surface area contributed by atoms with E-state index in [2.05, 4.69) is 12.1 Å². The van der Waals surface area contributed by atoms with Gasteiger partial charge in [-0.3, -0.25) is 9.13 Å². The Morgan fingerprint density at radius 3 is 2.34 bits per heavy atom. The zero-order valence-corrected chi connectivity index (χ0v) is 20.2. The van der Waals surface area contributed by atoms with E-state index in [0.29, 0.717) is 10.9 Å². The maximum absolute atomic E-state index is 14.0. The summed E-state index contributed by atoms with van der Waals surface area (Å²) in [4.78, 5) is 25.6. The fourth-order valence-corrected chi connectivity index (χ4v) is 6.03. The van der Waals surface area contributed by atoms with E-state index < -0.39 is 11.5 Å². The summed E-state index contributed by atoms with van der Waals surface area (Å²) in [5.41, 5.74) is 4.10. The van der Waals surface area contributed by atoms with E-state index in [1.54, 1.807) is 28.8 Å². The molecule has 1 aromatic heterocycles. The zero-order valence-electron chi connectivity index (χ0n) is 19.4. The summed E-state index contributed by atoms with van der Waals surface area (Å²) in [6.45, 7) is 0. The second-order valence-electron chi connectivity index (χ2n) is 9.93. The smallest absolute Gasteiger partial charge is 0.335 e. The van der Waals surface area contributed by atoms with E-state index in [9.17, 15) is 14.7 Å². The Kier molecular flexibility index (Phi) is 5.33. The van der Waals surface area contributed by atoms with Gasteiger partial charge < -0.3 is 5.11 Å². The highest BCUT2D eigenvalue weighted by molar-refractivity contribution is 6.31. The van der Waals surface area contributed by atoms with E-state index in [1.165, 1.54) is 37.7 Å². The number of aromatic nitrogens is 2. The van der Waals surface area contributed by atoms with Gasteiger partial charge in [-0.25, -0.2) is 9.59 Å². The molecule has 3 aromatic carbocycles. The molecular weight excluding hydrogens is 460 g/mol. The van der Waals surface area contributed by atoms with Crippen LogP contribution in [0.25, 0.3) is 16.7 Å². The number of carboxylic acids is 1. The SMILES string of the molecule is O=C(O)c1cccc(C2(n3c(=O)n(-c4ccc(C5CCCCC5)cc4)c4cc(Cl)ccc43)CC2)c1. The normalized spacial score (nSPS) is 17.5. The van der Waals surface area contributed by atoms with Crippen molar-refractivity contribution in [2.75, 3.05) is 0 Å². The highest BCUT2D eigenvalue weighted by Crippen LogP contribution is 2.50. The number of halogens is 1. The number of aromatic carboxylic acids is 1. The molecule has 2 aliphatic rings. The topological polar surface area (TPSA) is 64.2 Å². The van der Waals surface area contributed by atoms with Crippen molar-refractivity contribution in [2.24, 2.45) is 0 Å². The minimum absolute atomic E-state index is 0.133. The van der Waals surface area contributed by atoms with Crippen LogP contribution in [0.2, 0.25) is 5.02 Å². The molecule has 1 heterocycles. The molecule has 0 atom stereocenters. The molecule has 0 bridgehead atoms. The molecule has 4 aromatic rings. The summed E-state index contributed by atoms with van der Waals surface area (Å²) in [5, 5.41) is 10.1. The van der Waals surface area contributed by atoms with Gasteiger partial charge in [-0.05, 0) is 85.2 Å². The van der Waals surface area contributed by atoms with Gasteiger partial charge in [0.2, 0.25) is 0 Å². The lowest BCUT2D eigenvalue weighted by atomic mass is 9.84. The summed E-state index contributed by atoms with van der Waals surface area (Å²) >= 11 is 6.38. The summed E-state index contributed by atoms with van der Waals surface area (Å²) in [7, 11) is 0. The van der Waals surface area contributed by atoms with Crippen LogP contribution < -0.4 is 5.69 Å². The van der Waals surface area contributed by atoms with Crippen molar-refractivity contribution in [3.63, 3.8) is 0 Å². The van der Waals surface area contributed by atoms with Gasteiger partial charge in [-0.15, -0.1) is 0 Å². The van der Waals surface area contributed by atoms with E-state index >= 15 is 0 Å². The van der Waals surface area contributed by atoms with Gasteiger partial charge in [0.1, 0.15) is 0 Å². The highest BCUT2D eigenvalue weighted by Gasteiger charge is 2.49. The molecule has 2 saturated carbocycles. The van der Waals surface area contributed by atoms with Crippen molar-refractivity contribution in [3.8, 4) is 5.69 Å². The number of hydrogen-bond donors (Lipinski definition) is 1. The third kappa shape index (κ3) is 3.69. The van der Waals surface area contributed by atoms with Crippen LogP contribution in [0.4, 0.5) is 0 Å². The van der Waals surface area contributed by atoms with Gasteiger partial charge in [-0.1, -0.05) is 55.1 Å². The summed E-state index contributed by atoms with van der Waals surface area (Å²) in [6.07, 6.45) is 7.89. The van der Waals surface area contributed by atoms with Crippen LogP contribution >= 0.6 is 11.6 Å². The fraction of sp³-hybridized carbons (Fsp3) is 0.310. The van der Waals surface area contributed by atoms with Gasteiger partial charge in [0, 0.05) is 5.02 Å². The monoisotopic (exact) mass is 486 g/mol. The predicted octanol–water partition coefficient (Wildman–Crippen LogP) is 6.73. The van der Waals surface area contributed by atoms with E-state index in [0.717, 1.165) is 35.1 Å². The number of rotatable bonds is 5. The van der Waals surface area contributed by atoms with Crippen LogP contribution in [0.5, 0.6) is 0 Å². The maximum Gasteiger partial charge on any atom is 0.335 e. The molecule has 0 radical (unpaired) electrons. The van der Waals surface area contributed by atoms with Crippen LogP contribution in [-0.2, 0) is 5.54 Å². The number of carbonyl (C=O) groups is 1. The van der Waals surface area contributed by atoms with Crippen LogP contribution in [0.3, 0.4) is 0 Å². The van der Waals surface area contributed by atoms with Crippen LogP contribution in [0.15, 0.2) is 71.5 Å². The van der Waals surface area contributed by atoms with Crippen molar-refractivity contribution in [1.82, 2.24) is 9.13 Å². The molecule has 178 valence electrons.